The van der Waals surface area contributed by atoms with Crippen molar-refractivity contribution < 1.29 is 4.79 Å². The van der Waals surface area contributed by atoms with E-state index in [0.29, 0.717) is 16.6 Å². The van der Waals surface area contributed by atoms with Gasteiger partial charge in [-0.25, -0.2) is 4.98 Å². The molecular formula is C14H22N4OS. The van der Waals surface area contributed by atoms with Crippen molar-refractivity contribution in [3.8, 4) is 0 Å². The Morgan fingerprint density at radius 3 is 2.65 bits per heavy atom. The fourth-order valence-corrected chi connectivity index (χ4v) is 3.47. The van der Waals surface area contributed by atoms with Gasteiger partial charge >= 0.3 is 0 Å². The molecule has 1 aliphatic heterocycles. The van der Waals surface area contributed by atoms with E-state index in [1.165, 1.54) is 49.9 Å². The van der Waals surface area contributed by atoms with Gasteiger partial charge in [0, 0.05) is 19.6 Å². The van der Waals surface area contributed by atoms with Crippen LogP contribution in [-0.4, -0.2) is 30.5 Å². The number of nitrogens with zero attached hydrogens (tertiary/aromatic N) is 2. The van der Waals surface area contributed by atoms with Crippen LogP contribution in [0.4, 0.5) is 10.9 Å². The Labute approximate surface area is 123 Å². The molecule has 1 aromatic rings. The Hall–Kier alpha value is -1.30. The quantitative estimate of drug-likeness (QED) is 0.893. The minimum Gasteiger partial charge on any atom is -0.382 e. The highest BCUT2D eigenvalue weighted by Crippen LogP contribution is 2.31. The molecular weight excluding hydrogens is 272 g/mol. The zero-order chi connectivity index (χ0) is 13.9. The van der Waals surface area contributed by atoms with Crippen molar-refractivity contribution in [3.05, 3.63) is 4.88 Å². The summed E-state index contributed by atoms with van der Waals surface area (Å²) in [5.74, 6) is 0.994. The molecule has 1 aromatic heterocycles. The Balaban J connectivity index is 1.66. The van der Waals surface area contributed by atoms with Gasteiger partial charge in [0.1, 0.15) is 10.7 Å². The molecule has 1 saturated heterocycles. The van der Waals surface area contributed by atoms with Crippen molar-refractivity contribution in [1.29, 1.82) is 0 Å². The molecule has 1 amide bonds. The Morgan fingerprint density at radius 1 is 1.30 bits per heavy atom. The smallest absolute Gasteiger partial charge is 0.265 e. The van der Waals surface area contributed by atoms with E-state index < -0.39 is 0 Å². The van der Waals surface area contributed by atoms with E-state index in [0.717, 1.165) is 24.8 Å². The lowest BCUT2D eigenvalue weighted by atomic mass is 10.2. The first-order valence-corrected chi connectivity index (χ1v) is 8.35. The molecule has 0 unspecified atom stereocenters. The van der Waals surface area contributed by atoms with Crippen molar-refractivity contribution in [2.45, 2.75) is 38.5 Å². The van der Waals surface area contributed by atoms with E-state index in [1.807, 2.05) is 0 Å². The third-order valence-electron chi connectivity index (χ3n) is 3.97. The first-order chi connectivity index (χ1) is 9.74. The molecule has 0 bridgehead atoms. The van der Waals surface area contributed by atoms with E-state index in [-0.39, 0.29) is 5.91 Å². The molecule has 5 nitrogen and oxygen atoms in total. The highest BCUT2D eigenvalue weighted by atomic mass is 32.1. The summed E-state index contributed by atoms with van der Waals surface area (Å²) in [6, 6.07) is 0. The van der Waals surface area contributed by atoms with Gasteiger partial charge < -0.3 is 16.0 Å². The molecule has 3 rings (SSSR count). The second-order valence-electron chi connectivity index (χ2n) is 5.77. The molecule has 110 valence electrons. The molecule has 3 N–H and O–H groups in total. The number of nitrogens with two attached hydrogens (primary N) is 1. The van der Waals surface area contributed by atoms with Crippen LogP contribution in [0, 0.1) is 5.92 Å². The van der Waals surface area contributed by atoms with Gasteiger partial charge in [0.25, 0.3) is 5.91 Å². The van der Waals surface area contributed by atoms with Crippen LogP contribution >= 0.6 is 11.3 Å². The maximum absolute atomic E-state index is 12.1. The number of nitrogens with one attached hydrogen (secondary N) is 1. The molecule has 20 heavy (non-hydrogen) atoms. The average Bonchev–Trinajstić information content (AvgIpc) is 3.23. The van der Waals surface area contributed by atoms with Crippen LogP contribution in [-0.2, 0) is 0 Å². The molecule has 0 aromatic carbocycles. The SMILES string of the molecule is Nc1nc(N2CCCCCC2)sc1C(=O)NCC1CC1. The number of hydrogen-bond acceptors (Lipinski definition) is 5. The molecule has 1 saturated carbocycles. The van der Waals surface area contributed by atoms with Crippen LogP contribution < -0.4 is 16.0 Å². The van der Waals surface area contributed by atoms with Crippen molar-refractivity contribution in [2.24, 2.45) is 5.92 Å². The Kier molecular flexibility index (Phi) is 4.10. The number of thiazole rings is 1. The predicted molar refractivity (Wildman–Crippen MR) is 82.3 cm³/mol. The molecule has 0 radical (unpaired) electrons. The lowest BCUT2D eigenvalue weighted by molar-refractivity contribution is 0.0956. The standard InChI is InChI=1S/C14H22N4OS/c15-12-11(13(19)16-9-10-5-6-10)20-14(17-12)18-7-3-1-2-4-8-18/h10H,1-9,15H2,(H,16,19). The molecule has 0 atom stereocenters. The van der Waals surface area contributed by atoms with Gasteiger partial charge in [-0.3, -0.25) is 4.79 Å². The summed E-state index contributed by atoms with van der Waals surface area (Å²) >= 11 is 1.43. The maximum Gasteiger partial charge on any atom is 0.265 e. The van der Waals surface area contributed by atoms with E-state index in [9.17, 15) is 4.79 Å². The molecule has 1 aliphatic carbocycles. The van der Waals surface area contributed by atoms with Crippen molar-refractivity contribution in [2.75, 3.05) is 30.3 Å². The lowest BCUT2D eigenvalue weighted by Crippen LogP contribution is -2.25. The van der Waals surface area contributed by atoms with E-state index in [1.54, 1.807) is 0 Å². The third-order valence-corrected chi connectivity index (χ3v) is 5.10. The van der Waals surface area contributed by atoms with Crippen LogP contribution in [0.2, 0.25) is 0 Å². The molecule has 2 heterocycles. The summed E-state index contributed by atoms with van der Waals surface area (Å²) in [5.41, 5.74) is 5.92. The Bertz CT molecular complexity index is 476. The normalized spacial score (nSPS) is 19.7. The van der Waals surface area contributed by atoms with Crippen LogP contribution in [0.25, 0.3) is 0 Å². The fourth-order valence-electron chi connectivity index (χ4n) is 2.52. The summed E-state index contributed by atoms with van der Waals surface area (Å²) in [4.78, 5) is 19.4. The fraction of sp³-hybridized carbons (Fsp3) is 0.714. The second-order valence-corrected chi connectivity index (χ2v) is 6.74. The van der Waals surface area contributed by atoms with Gasteiger partial charge in [-0.15, -0.1) is 0 Å². The molecule has 2 aliphatic rings. The minimum absolute atomic E-state index is 0.0621. The topological polar surface area (TPSA) is 71.2 Å². The van der Waals surface area contributed by atoms with E-state index in [4.69, 9.17) is 5.73 Å². The third kappa shape index (κ3) is 3.23. The lowest BCUT2D eigenvalue weighted by Gasteiger charge is -2.18. The summed E-state index contributed by atoms with van der Waals surface area (Å²) < 4.78 is 0. The molecule has 2 fully saturated rings. The van der Waals surface area contributed by atoms with Gasteiger partial charge in [0.05, 0.1) is 0 Å². The van der Waals surface area contributed by atoms with Crippen molar-refractivity contribution >= 4 is 28.2 Å². The van der Waals surface area contributed by atoms with E-state index in [2.05, 4.69) is 15.2 Å². The number of rotatable bonds is 4. The zero-order valence-corrected chi connectivity index (χ0v) is 12.5. The summed E-state index contributed by atoms with van der Waals surface area (Å²) in [6.45, 7) is 2.82. The average molecular weight is 294 g/mol. The number of carbonyl (C=O) groups is 1. The number of anilines is 2. The first-order valence-electron chi connectivity index (χ1n) is 7.53. The van der Waals surface area contributed by atoms with Crippen LogP contribution in [0.5, 0.6) is 0 Å². The van der Waals surface area contributed by atoms with Gasteiger partial charge in [-0.1, -0.05) is 24.2 Å². The largest absolute Gasteiger partial charge is 0.382 e. The minimum atomic E-state index is -0.0621. The highest BCUT2D eigenvalue weighted by Gasteiger charge is 2.24. The number of carbonyl (C=O) groups excluding carboxylic acids is 1. The van der Waals surface area contributed by atoms with Crippen LogP contribution in [0.3, 0.4) is 0 Å². The van der Waals surface area contributed by atoms with E-state index >= 15 is 0 Å². The summed E-state index contributed by atoms with van der Waals surface area (Å²) in [7, 11) is 0. The van der Waals surface area contributed by atoms with Crippen molar-refractivity contribution in [3.63, 3.8) is 0 Å². The van der Waals surface area contributed by atoms with Gasteiger partial charge in [0.15, 0.2) is 5.13 Å². The van der Waals surface area contributed by atoms with Gasteiger partial charge in [-0.2, -0.15) is 0 Å². The number of amides is 1. The zero-order valence-electron chi connectivity index (χ0n) is 11.7. The molecule has 0 spiro atoms. The molecule has 6 heteroatoms. The Morgan fingerprint density at radius 2 is 2.00 bits per heavy atom. The highest BCUT2D eigenvalue weighted by molar-refractivity contribution is 7.18. The monoisotopic (exact) mass is 294 g/mol. The van der Waals surface area contributed by atoms with Crippen LogP contribution in [0.1, 0.15) is 48.2 Å². The second kappa shape index (κ2) is 5.99. The maximum atomic E-state index is 12.1. The predicted octanol–water partition coefficient (Wildman–Crippen LogP) is 2.25. The summed E-state index contributed by atoms with van der Waals surface area (Å²) in [6.07, 6.45) is 7.43. The summed E-state index contributed by atoms with van der Waals surface area (Å²) in [5, 5.41) is 3.87. The number of nitrogen functional groups attached to an aromatic ring is 1. The number of hydrogen-bond donors (Lipinski definition) is 2. The van der Waals surface area contributed by atoms with Crippen molar-refractivity contribution in [1.82, 2.24) is 10.3 Å². The van der Waals surface area contributed by atoms with Gasteiger partial charge in [-0.05, 0) is 31.6 Å². The number of aromatic nitrogens is 1. The van der Waals surface area contributed by atoms with Gasteiger partial charge in [0.2, 0.25) is 0 Å². The first kappa shape index (κ1) is 13.7. The van der Waals surface area contributed by atoms with Crippen LogP contribution in [0.15, 0.2) is 0 Å².